The van der Waals surface area contributed by atoms with E-state index < -0.39 is 0 Å². The standard InChI is InChI=1S/C12H22N2O/c15-11-12(5-2-1-3-9-14-11)6-4-8-13-10-7-12/h13H,1-10H2,(H,14,15). The van der Waals surface area contributed by atoms with Crippen LogP contribution in [0.15, 0.2) is 0 Å². The first-order chi connectivity index (χ1) is 7.33. The van der Waals surface area contributed by atoms with Gasteiger partial charge in [-0.1, -0.05) is 12.8 Å². The van der Waals surface area contributed by atoms with Crippen molar-refractivity contribution in [1.29, 1.82) is 0 Å². The molecule has 1 atom stereocenters. The second-order valence-corrected chi connectivity index (χ2v) is 4.95. The summed E-state index contributed by atoms with van der Waals surface area (Å²) < 4.78 is 0. The third kappa shape index (κ3) is 2.51. The van der Waals surface area contributed by atoms with Crippen molar-refractivity contribution >= 4 is 5.91 Å². The van der Waals surface area contributed by atoms with Crippen LogP contribution in [0.2, 0.25) is 0 Å². The van der Waals surface area contributed by atoms with Crippen molar-refractivity contribution in [2.45, 2.75) is 44.9 Å². The summed E-state index contributed by atoms with van der Waals surface area (Å²) in [5.74, 6) is 0.325. The fourth-order valence-corrected chi connectivity index (χ4v) is 2.87. The predicted molar refractivity (Wildman–Crippen MR) is 60.6 cm³/mol. The van der Waals surface area contributed by atoms with Crippen molar-refractivity contribution in [2.24, 2.45) is 5.41 Å². The van der Waals surface area contributed by atoms with Crippen LogP contribution in [-0.2, 0) is 4.79 Å². The molecule has 2 saturated heterocycles. The molecule has 0 radical (unpaired) electrons. The Balaban J connectivity index is 2.08. The zero-order chi connectivity index (χ0) is 10.6. The average molecular weight is 210 g/mol. The minimum Gasteiger partial charge on any atom is -0.356 e. The van der Waals surface area contributed by atoms with E-state index in [9.17, 15) is 4.79 Å². The van der Waals surface area contributed by atoms with E-state index >= 15 is 0 Å². The molecule has 2 N–H and O–H groups in total. The Morgan fingerprint density at radius 3 is 2.67 bits per heavy atom. The summed E-state index contributed by atoms with van der Waals surface area (Å²) in [4.78, 5) is 12.2. The summed E-state index contributed by atoms with van der Waals surface area (Å²) in [5.41, 5.74) is -0.0378. The van der Waals surface area contributed by atoms with E-state index in [2.05, 4.69) is 10.6 Å². The van der Waals surface area contributed by atoms with Crippen molar-refractivity contribution in [1.82, 2.24) is 10.6 Å². The summed E-state index contributed by atoms with van der Waals surface area (Å²) in [7, 11) is 0. The van der Waals surface area contributed by atoms with Gasteiger partial charge in [-0.3, -0.25) is 4.79 Å². The first kappa shape index (κ1) is 10.9. The molecule has 0 aliphatic carbocycles. The maximum Gasteiger partial charge on any atom is 0.226 e. The van der Waals surface area contributed by atoms with Crippen molar-refractivity contribution in [2.75, 3.05) is 19.6 Å². The molecule has 15 heavy (non-hydrogen) atoms. The maximum absolute atomic E-state index is 12.2. The zero-order valence-corrected chi connectivity index (χ0v) is 9.48. The molecule has 2 fully saturated rings. The molecule has 0 bridgehead atoms. The van der Waals surface area contributed by atoms with Gasteiger partial charge in [0.1, 0.15) is 0 Å². The molecule has 0 aromatic heterocycles. The van der Waals surface area contributed by atoms with Crippen LogP contribution in [-0.4, -0.2) is 25.5 Å². The highest BCUT2D eigenvalue weighted by Gasteiger charge is 2.38. The number of rotatable bonds is 0. The second kappa shape index (κ2) is 4.97. The average Bonchev–Trinajstić information content (AvgIpc) is 2.47. The van der Waals surface area contributed by atoms with Crippen LogP contribution in [0.4, 0.5) is 0 Å². The van der Waals surface area contributed by atoms with Gasteiger partial charge < -0.3 is 10.6 Å². The van der Waals surface area contributed by atoms with E-state index in [0.717, 1.165) is 51.7 Å². The first-order valence-electron chi connectivity index (χ1n) is 6.33. The lowest BCUT2D eigenvalue weighted by Gasteiger charge is -2.32. The Morgan fingerprint density at radius 1 is 0.867 bits per heavy atom. The van der Waals surface area contributed by atoms with Crippen molar-refractivity contribution in [3.8, 4) is 0 Å². The molecule has 1 unspecified atom stereocenters. The molecule has 1 amide bonds. The van der Waals surface area contributed by atoms with Crippen LogP contribution in [0.1, 0.15) is 44.9 Å². The Hall–Kier alpha value is -0.570. The minimum absolute atomic E-state index is 0.0378. The molecule has 86 valence electrons. The molecule has 0 aromatic rings. The number of carbonyl (C=O) groups excluding carboxylic acids is 1. The van der Waals surface area contributed by atoms with Gasteiger partial charge in [0.15, 0.2) is 0 Å². The number of nitrogens with one attached hydrogen (secondary N) is 2. The van der Waals surface area contributed by atoms with E-state index in [0.29, 0.717) is 5.91 Å². The van der Waals surface area contributed by atoms with Crippen LogP contribution in [0.3, 0.4) is 0 Å². The van der Waals surface area contributed by atoms with Gasteiger partial charge >= 0.3 is 0 Å². The molecule has 3 nitrogen and oxygen atoms in total. The van der Waals surface area contributed by atoms with E-state index in [-0.39, 0.29) is 5.41 Å². The summed E-state index contributed by atoms with van der Waals surface area (Å²) in [5, 5.41) is 6.50. The van der Waals surface area contributed by atoms with Gasteiger partial charge in [-0.2, -0.15) is 0 Å². The normalized spacial score (nSPS) is 34.0. The van der Waals surface area contributed by atoms with E-state index in [4.69, 9.17) is 0 Å². The van der Waals surface area contributed by atoms with Gasteiger partial charge in [-0.25, -0.2) is 0 Å². The molecule has 1 spiro atoms. The highest BCUT2D eigenvalue weighted by molar-refractivity contribution is 5.82. The van der Waals surface area contributed by atoms with Crippen LogP contribution in [0.25, 0.3) is 0 Å². The third-order valence-electron chi connectivity index (χ3n) is 3.89. The van der Waals surface area contributed by atoms with Crippen LogP contribution in [0.5, 0.6) is 0 Å². The van der Waals surface area contributed by atoms with E-state index in [1.807, 2.05) is 0 Å². The molecular weight excluding hydrogens is 188 g/mol. The molecule has 0 aromatic carbocycles. The first-order valence-corrected chi connectivity index (χ1v) is 6.33. The number of hydrogen-bond donors (Lipinski definition) is 2. The van der Waals surface area contributed by atoms with Crippen molar-refractivity contribution < 1.29 is 4.79 Å². The van der Waals surface area contributed by atoms with E-state index in [1.165, 1.54) is 12.8 Å². The highest BCUT2D eigenvalue weighted by Crippen LogP contribution is 2.36. The van der Waals surface area contributed by atoms with Gasteiger partial charge in [0.25, 0.3) is 0 Å². The number of carbonyl (C=O) groups is 1. The van der Waals surface area contributed by atoms with E-state index in [1.54, 1.807) is 0 Å². The van der Waals surface area contributed by atoms with Gasteiger partial charge in [-0.15, -0.1) is 0 Å². The Labute approximate surface area is 92.0 Å². The largest absolute Gasteiger partial charge is 0.356 e. The monoisotopic (exact) mass is 210 g/mol. The quantitative estimate of drug-likeness (QED) is 0.635. The molecule has 2 heterocycles. The predicted octanol–water partition coefficient (Wildman–Crippen LogP) is 1.44. The fraction of sp³-hybridized carbons (Fsp3) is 0.917. The molecule has 2 aliphatic heterocycles. The smallest absolute Gasteiger partial charge is 0.226 e. The van der Waals surface area contributed by atoms with Crippen molar-refractivity contribution in [3.05, 3.63) is 0 Å². The summed E-state index contributed by atoms with van der Waals surface area (Å²) in [6.07, 6.45) is 8.00. The number of hydrogen-bond acceptors (Lipinski definition) is 2. The zero-order valence-electron chi connectivity index (χ0n) is 9.48. The maximum atomic E-state index is 12.2. The SMILES string of the molecule is O=C1NCCCCCC12CCCNCC2. The van der Waals surface area contributed by atoms with Crippen LogP contribution >= 0.6 is 0 Å². The Bertz CT molecular complexity index is 220. The summed E-state index contributed by atoms with van der Waals surface area (Å²) in [6, 6.07) is 0. The summed E-state index contributed by atoms with van der Waals surface area (Å²) in [6.45, 7) is 2.97. The van der Waals surface area contributed by atoms with Crippen molar-refractivity contribution in [3.63, 3.8) is 0 Å². The second-order valence-electron chi connectivity index (χ2n) is 4.95. The lowest BCUT2D eigenvalue weighted by Crippen LogP contribution is -2.43. The molecule has 0 saturated carbocycles. The highest BCUT2D eigenvalue weighted by atomic mass is 16.2. The summed E-state index contributed by atoms with van der Waals surface area (Å²) >= 11 is 0. The minimum atomic E-state index is -0.0378. The van der Waals surface area contributed by atoms with Gasteiger partial charge in [0, 0.05) is 6.54 Å². The Kier molecular flexibility index (Phi) is 3.62. The Morgan fingerprint density at radius 2 is 1.73 bits per heavy atom. The van der Waals surface area contributed by atoms with Gasteiger partial charge in [-0.05, 0) is 45.2 Å². The van der Waals surface area contributed by atoms with Crippen LogP contribution in [0, 0.1) is 5.41 Å². The topological polar surface area (TPSA) is 41.1 Å². The van der Waals surface area contributed by atoms with Crippen LogP contribution < -0.4 is 10.6 Å². The molecule has 2 rings (SSSR count). The van der Waals surface area contributed by atoms with Gasteiger partial charge in [0.2, 0.25) is 5.91 Å². The molecule has 3 heteroatoms. The lowest BCUT2D eigenvalue weighted by molar-refractivity contribution is -0.132. The molecule has 2 aliphatic rings. The number of amides is 1. The molecular formula is C12H22N2O. The lowest BCUT2D eigenvalue weighted by atomic mass is 9.75. The fourth-order valence-electron chi connectivity index (χ4n) is 2.87. The third-order valence-corrected chi connectivity index (χ3v) is 3.89. The van der Waals surface area contributed by atoms with Gasteiger partial charge in [0.05, 0.1) is 5.41 Å².